The molecule has 0 saturated carbocycles. The van der Waals surface area contributed by atoms with Gasteiger partial charge in [-0.1, -0.05) is 42.5 Å². The van der Waals surface area contributed by atoms with E-state index in [4.69, 9.17) is 4.74 Å². The van der Waals surface area contributed by atoms with Crippen LogP contribution in [-0.4, -0.2) is 41.8 Å². The number of amides is 1. The van der Waals surface area contributed by atoms with Crippen molar-refractivity contribution in [3.05, 3.63) is 90.0 Å². The fraction of sp³-hybridized carbons (Fsp3) is 0.240. The summed E-state index contributed by atoms with van der Waals surface area (Å²) in [7, 11) is -7.06. The van der Waals surface area contributed by atoms with Crippen molar-refractivity contribution in [2.45, 2.75) is 24.5 Å². The molecule has 3 aromatic carbocycles. The Bertz CT molecular complexity index is 1360. The lowest BCUT2D eigenvalue weighted by atomic mass is 10.1. The smallest absolute Gasteiger partial charge is 0.241 e. The minimum atomic E-state index is -3.74. The second kappa shape index (κ2) is 10.9. The molecule has 1 N–H and O–H groups in total. The Labute approximate surface area is 206 Å². The molecule has 0 spiro atoms. The molecular formula is C25H28N2O6S2. The molecule has 0 fully saturated rings. The van der Waals surface area contributed by atoms with Crippen molar-refractivity contribution in [3.63, 3.8) is 0 Å². The average Bonchev–Trinajstić information content (AvgIpc) is 2.81. The SMILES string of the molecule is CC(NC(=O)CN(c1ccc(OCc2ccccc2)cc1)S(C)(=O)=O)c1ccc(S(C)(=O)=O)cc1. The molecule has 3 aromatic rings. The van der Waals surface area contributed by atoms with Gasteiger partial charge in [-0.25, -0.2) is 16.8 Å². The van der Waals surface area contributed by atoms with Crippen LogP contribution in [0.15, 0.2) is 83.8 Å². The standard InChI is InChI=1S/C25H28N2O6S2/c1-19(21-9-15-24(16-10-21)34(2,29)30)26-25(28)17-27(35(3,31)32)22-11-13-23(14-12-22)33-18-20-7-5-4-6-8-20/h4-16,19H,17-18H2,1-3H3,(H,26,28). The fourth-order valence-corrected chi connectivity index (χ4v) is 4.84. The van der Waals surface area contributed by atoms with Crippen molar-refractivity contribution in [2.24, 2.45) is 0 Å². The Morgan fingerprint density at radius 3 is 2.03 bits per heavy atom. The summed E-state index contributed by atoms with van der Waals surface area (Å²) in [5.74, 6) is 0.0705. The van der Waals surface area contributed by atoms with Crippen LogP contribution < -0.4 is 14.4 Å². The summed E-state index contributed by atoms with van der Waals surface area (Å²) in [5, 5.41) is 2.76. The Morgan fingerprint density at radius 1 is 0.886 bits per heavy atom. The number of ether oxygens (including phenoxy) is 1. The van der Waals surface area contributed by atoms with E-state index in [0.29, 0.717) is 23.6 Å². The maximum Gasteiger partial charge on any atom is 0.241 e. The average molecular weight is 517 g/mol. The predicted octanol–water partition coefficient (Wildman–Crippen LogP) is 3.31. The third kappa shape index (κ3) is 7.56. The van der Waals surface area contributed by atoms with Crippen molar-refractivity contribution >= 4 is 31.5 Å². The van der Waals surface area contributed by atoms with Gasteiger partial charge in [0, 0.05) is 6.26 Å². The summed E-state index contributed by atoms with van der Waals surface area (Å²) in [6.45, 7) is 1.70. The maximum absolute atomic E-state index is 12.7. The van der Waals surface area contributed by atoms with Gasteiger partial charge in [0.05, 0.1) is 22.9 Å². The molecular weight excluding hydrogens is 488 g/mol. The molecule has 0 aliphatic heterocycles. The molecule has 3 rings (SSSR count). The third-order valence-electron chi connectivity index (χ3n) is 5.25. The summed E-state index contributed by atoms with van der Waals surface area (Å²) in [6, 6.07) is 21.8. The first-order chi connectivity index (χ1) is 16.4. The third-order valence-corrected chi connectivity index (χ3v) is 7.52. The summed E-state index contributed by atoms with van der Waals surface area (Å²) < 4.78 is 54.8. The van der Waals surface area contributed by atoms with E-state index < -0.39 is 38.4 Å². The first kappa shape index (κ1) is 26.2. The highest BCUT2D eigenvalue weighted by Crippen LogP contribution is 2.23. The lowest BCUT2D eigenvalue weighted by molar-refractivity contribution is -0.120. The first-order valence-electron chi connectivity index (χ1n) is 10.8. The number of carbonyl (C=O) groups excluding carboxylic acids is 1. The number of rotatable bonds is 10. The second-order valence-electron chi connectivity index (χ2n) is 8.17. The van der Waals surface area contributed by atoms with E-state index in [0.717, 1.165) is 22.4 Å². The van der Waals surface area contributed by atoms with Crippen LogP contribution in [0.3, 0.4) is 0 Å². The van der Waals surface area contributed by atoms with Gasteiger partial charge in [-0.3, -0.25) is 9.10 Å². The summed E-state index contributed by atoms with van der Waals surface area (Å²) >= 11 is 0. The molecule has 8 nitrogen and oxygen atoms in total. The Hall–Kier alpha value is -3.37. The fourth-order valence-electron chi connectivity index (χ4n) is 3.35. The lowest BCUT2D eigenvalue weighted by Crippen LogP contribution is -2.41. The zero-order chi connectivity index (χ0) is 25.6. The number of nitrogens with zero attached hydrogens (tertiary/aromatic N) is 1. The Morgan fingerprint density at radius 2 is 1.49 bits per heavy atom. The summed E-state index contributed by atoms with van der Waals surface area (Å²) in [4.78, 5) is 12.9. The second-order valence-corrected chi connectivity index (χ2v) is 12.1. The van der Waals surface area contributed by atoms with Gasteiger partial charge in [0.15, 0.2) is 9.84 Å². The van der Waals surface area contributed by atoms with Crippen molar-refractivity contribution < 1.29 is 26.4 Å². The van der Waals surface area contributed by atoms with Crippen molar-refractivity contribution in [2.75, 3.05) is 23.4 Å². The predicted molar refractivity (Wildman–Crippen MR) is 136 cm³/mol. The van der Waals surface area contributed by atoms with Gasteiger partial charge in [0.25, 0.3) is 0 Å². The van der Waals surface area contributed by atoms with Crippen LogP contribution in [0.1, 0.15) is 24.1 Å². The molecule has 0 aliphatic rings. The number of benzene rings is 3. The maximum atomic E-state index is 12.7. The molecule has 35 heavy (non-hydrogen) atoms. The van der Waals surface area contributed by atoms with Crippen LogP contribution in [0, 0.1) is 0 Å². The number of sulfone groups is 1. The molecule has 0 bridgehead atoms. The molecule has 10 heteroatoms. The van der Waals surface area contributed by atoms with E-state index in [1.54, 1.807) is 43.3 Å². The van der Waals surface area contributed by atoms with Gasteiger partial charge in [0.1, 0.15) is 18.9 Å². The number of hydrogen-bond acceptors (Lipinski definition) is 6. The molecule has 0 aliphatic carbocycles. The van der Waals surface area contributed by atoms with Gasteiger partial charge in [-0.15, -0.1) is 0 Å². The molecule has 0 saturated heterocycles. The van der Waals surface area contributed by atoms with Gasteiger partial charge in [-0.2, -0.15) is 0 Å². The van der Waals surface area contributed by atoms with Crippen molar-refractivity contribution in [1.29, 1.82) is 0 Å². The normalized spacial score (nSPS) is 12.5. The van der Waals surface area contributed by atoms with E-state index in [1.165, 1.54) is 12.1 Å². The minimum Gasteiger partial charge on any atom is -0.489 e. The largest absolute Gasteiger partial charge is 0.489 e. The van der Waals surface area contributed by atoms with E-state index in [-0.39, 0.29) is 4.90 Å². The number of sulfonamides is 1. The summed E-state index contributed by atoms with van der Waals surface area (Å²) in [5.41, 5.74) is 2.03. The van der Waals surface area contributed by atoms with Gasteiger partial charge < -0.3 is 10.1 Å². The highest BCUT2D eigenvalue weighted by Gasteiger charge is 2.22. The highest BCUT2D eigenvalue weighted by atomic mass is 32.2. The lowest BCUT2D eigenvalue weighted by Gasteiger charge is -2.23. The van der Waals surface area contributed by atoms with Gasteiger partial charge >= 0.3 is 0 Å². The number of anilines is 1. The first-order valence-corrected chi connectivity index (χ1v) is 14.5. The number of carbonyl (C=O) groups is 1. The van der Waals surface area contributed by atoms with E-state index in [1.807, 2.05) is 30.3 Å². The van der Waals surface area contributed by atoms with Crippen LogP contribution >= 0.6 is 0 Å². The minimum absolute atomic E-state index is 0.180. The van der Waals surface area contributed by atoms with E-state index in [2.05, 4.69) is 5.32 Å². The zero-order valence-corrected chi connectivity index (χ0v) is 21.3. The molecule has 186 valence electrons. The molecule has 0 aromatic heterocycles. The number of nitrogens with one attached hydrogen (secondary N) is 1. The summed E-state index contributed by atoms with van der Waals surface area (Å²) in [6.07, 6.45) is 2.16. The van der Waals surface area contributed by atoms with Crippen molar-refractivity contribution in [3.8, 4) is 5.75 Å². The van der Waals surface area contributed by atoms with Crippen molar-refractivity contribution in [1.82, 2.24) is 5.32 Å². The Kier molecular flexibility index (Phi) is 8.18. The van der Waals surface area contributed by atoms with Gasteiger partial charge in [-0.05, 0) is 54.4 Å². The van der Waals surface area contributed by atoms with Crippen LogP contribution in [0.4, 0.5) is 5.69 Å². The van der Waals surface area contributed by atoms with E-state index in [9.17, 15) is 21.6 Å². The molecule has 0 heterocycles. The van der Waals surface area contributed by atoms with Crippen LogP contribution in [0.5, 0.6) is 5.75 Å². The van der Waals surface area contributed by atoms with Crippen LogP contribution in [0.2, 0.25) is 0 Å². The van der Waals surface area contributed by atoms with E-state index >= 15 is 0 Å². The monoisotopic (exact) mass is 516 g/mol. The molecule has 1 atom stereocenters. The molecule has 1 amide bonds. The van der Waals surface area contributed by atoms with Crippen LogP contribution in [-0.2, 0) is 31.3 Å². The molecule has 0 radical (unpaired) electrons. The molecule has 1 unspecified atom stereocenters. The zero-order valence-electron chi connectivity index (χ0n) is 19.7. The topological polar surface area (TPSA) is 110 Å². The quantitative estimate of drug-likeness (QED) is 0.443. The van der Waals surface area contributed by atoms with Crippen LogP contribution in [0.25, 0.3) is 0 Å². The van der Waals surface area contributed by atoms with Gasteiger partial charge in [0.2, 0.25) is 15.9 Å². The number of hydrogen-bond donors (Lipinski definition) is 1. The highest BCUT2D eigenvalue weighted by molar-refractivity contribution is 7.92. The Balaban J connectivity index is 1.65.